The van der Waals surface area contributed by atoms with Crippen LogP contribution in [0.4, 0.5) is 10.1 Å². The van der Waals surface area contributed by atoms with Gasteiger partial charge in [0.15, 0.2) is 9.84 Å². The molecule has 1 rings (SSSR count). The highest BCUT2D eigenvalue weighted by atomic mass is 32.2. The highest BCUT2D eigenvalue weighted by molar-refractivity contribution is 7.99. The number of nitrogen functional groups attached to an aromatic ring is 1. The van der Waals surface area contributed by atoms with Crippen LogP contribution in [0.25, 0.3) is 0 Å². The Bertz CT molecular complexity index is 454. The quantitative estimate of drug-likeness (QED) is 0.640. The Balaban J connectivity index is 2.75. The highest BCUT2D eigenvalue weighted by Gasteiger charge is 2.15. The summed E-state index contributed by atoms with van der Waals surface area (Å²) in [6.45, 7) is 2.02. The molecule has 0 fully saturated rings. The van der Waals surface area contributed by atoms with Crippen LogP contribution < -0.4 is 5.73 Å². The average molecular weight is 277 g/mol. The lowest BCUT2D eigenvalue weighted by atomic mass is 10.3. The molecule has 0 saturated heterocycles. The zero-order valence-electron chi connectivity index (χ0n) is 9.65. The number of rotatable bonds is 6. The Hall–Kier alpha value is -0.750. The fourth-order valence-electron chi connectivity index (χ4n) is 1.38. The average Bonchev–Trinajstić information content (AvgIpc) is 2.23. The molecule has 0 atom stereocenters. The van der Waals surface area contributed by atoms with E-state index in [1.165, 1.54) is 6.07 Å². The highest BCUT2D eigenvalue weighted by Crippen LogP contribution is 2.18. The maximum Gasteiger partial charge on any atom is 0.178 e. The minimum Gasteiger partial charge on any atom is -0.399 e. The molecule has 0 aliphatic carbocycles. The number of thioether (sulfide) groups is 1. The largest absolute Gasteiger partial charge is 0.399 e. The summed E-state index contributed by atoms with van der Waals surface area (Å²) in [5, 5.41) is 0. The molecule has 0 bridgehead atoms. The van der Waals surface area contributed by atoms with E-state index in [9.17, 15) is 12.8 Å². The van der Waals surface area contributed by atoms with Gasteiger partial charge in [-0.25, -0.2) is 12.8 Å². The number of benzene rings is 1. The van der Waals surface area contributed by atoms with Crippen molar-refractivity contribution < 1.29 is 12.8 Å². The molecule has 0 unspecified atom stereocenters. The molecule has 96 valence electrons. The van der Waals surface area contributed by atoms with Gasteiger partial charge in [-0.05, 0) is 36.1 Å². The first-order chi connectivity index (χ1) is 7.95. The molecular weight excluding hydrogens is 261 g/mol. The van der Waals surface area contributed by atoms with Gasteiger partial charge in [-0.3, -0.25) is 0 Å². The molecule has 0 radical (unpaired) electrons. The number of sulfone groups is 1. The third-order valence-electron chi connectivity index (χ3n) is 2.16. The minimum absolute atomic E-state index is 0.0306. The monoisotopic (exact) mass is 277 g/mol. The van der Waals surface area contributed by atoms with Crippen molar-refractivity contribution in [1.29, 1.82) is 0 Å². The van der Waals surface area contributed by atoms with Gasteiger partial charge in [-0.1, -0.05) is 6.92 Å². The van der Waals surface area contributed by atoms with Gasteiger partial charge in [0.05, 0.1) is 10.6 Å². The van der Waals surface area contributed by atoms with Crippen LogP contribution in [0.2, 0.25) is 0 Å². The van der Waals surface area contributed by atoms with E-state index in [0.29, 0.717) is 6.42 Å². The number of anilines is 1. The van der Waals surface area contributed by atoms with Crippen molar-refractivity contribution in [2.45, 2.75) is 18.2 Å². The van der Waals surface area contributed by atoms with Crippen LogP contribution in [0.1, 0.15) is 13.3 Å². The summed E-state index contributed by atoms with van der Waals surface area (Å²) in [5.41, 5.74) is 5.55. The number of hydrogen-bond donors (Lipinski definition) is 1. The molecule has 1 aromatic carbocycles. The van der Waals surface area contributed by atoms with E-state index in [0.717, 1.165) is 23.6 Å². The van der Waals surface area contributed by atoms with Crippen molar-refractivity contribution in [1.82, 2.24) is 0 Å². The summed E-state index contributed by atoms with van der Waals surface area (Å²) in [4.78, 5) is -0.0310. The van der Waals surface area contributed by atoms with Crippen molar-refractivity contribution >= 4 is 27.3 Å². The van der Waals surface area contributed by atoms with Crippen LogP contribution in [0.5, 0.6) is 0 Å². The van der Waals surface area contributed by atoms with Crippen molar-refractivity contribution in [2.24, 2.45) is 0 Å². The van der Waals surface area contributed by atoms with Crippen molar-refractivity contribution in [3.8, 4) is 0 Å². The van der Waals surface area contributed by atoms with Crippen LogP contribution in [0, 0.1) is 5.82 Å². The number of hydrogen-bond acceptors (Lipinski definition) is 4. The van der Waals surface area contributed by atoms with Gasteiger partial charge in [-0.15, -0.1) is 0 Å². The van der Waals surface area contributed by atoms with Crippen LogP contribution in [-0.4, -0.2) is 25.7 Å². The summed E-state index contributed by atoms with van der Waals surface area (Å²) in [6.07, 6.45) is 0.567. The Kier molecular flexibility index (Phi) is 5.27. The predicted octanol–water partition coefficient (Wildman–Crippen LogP) is 2.32. The van der Waals surface area contributed by atoms with E-state index in [1.807, 2.05) is 6.92 Å². The fourth-order valence-corrected chi connectivity index (χ4v) is 3.56. The van der Waals surface area contributed by atoms with Gasteiger partial charge in [0, 0.05) is 5.69 Å². The third kappa shape index (κ3) is 4.55. The second-order valence-electron chi connectivity index (χ2n) is 3.59. The topological polar surface area (TPSA) is 60.2 Å². The zero-order chi connectivity index (χ0) is 12.9. The molecule has 0 spiro atoms. The first-order valence-electron chi connectivity index (χ1n) is 5.32. The molecule has 0 aliphatic heterocycles. The van der Waals surface area contributed by atoms with E-state index in [-0.39, 0.29) is 16.3 Å². The summed E-state index contributed by atoms with van der Waals surface area (Å²) in [7, 11) is -3.42. The van der Waals surface area contributed by atoms with Gasteiger partial charge in [0.2, 0.25) is 0 Å². The SMILES string of the molecule is CCSCCCS(=O)(=O)c1cc(N)cc(F)c1. The second kappa shape index (κ2) is 6.26. The van der Waals surface area contributed by atoms with Gasteiger partial charge in [0.25, 0.3) is 0 Å². The van der Waals surface area contributed by atoms with Crippen LogP contribution >= 0.6 is 11.8 Å². The smallest absolute Gasteiger partial charge is 0.178 e. The summed E-state index contributed by atoms with van der Waals surface area (Å²) in [5.74, 6) is 1.17. The first-order valence-corrected chi connectivity index (χ1v) is 8.13. The summed E-state index contributed by atoms with van der Waals surface area (Å²) >= 11 is 1.69. The fraction of sp³-hybridized carbons (Fsp3) is 0.455. The molecule has 1 aromatic rings. The number of nitrogens with two attached hydrogens (primary N) is 1. The van der Waals surface area contributed by atoms with E-state index in [2.05, 4.69) is 0 Å². The van der Waals surface area contributed by atoms with Gasteiger partial charge in [0.1, 0.15) is 5.82 Å². The van der Waals surface area contributed by atoms with E-state index < -0.39 is 15.7 Å². The molecule has 0 heterocycles. The lowest BCUT2D eigenvalue weighted by Crippen LogP contribution is -2.08. The number of halogens is 1. The minimum atomic E-state index is -3.42. The lowest BCUT2D eigenvalue weighted by molar-refractivity contribution is 0.590. The second-order valence-corrected chi connectivity index (χ2v) is 7.09. The van der Waals surface area contributed by atoms with Crippen LogP contribution in [0.3, 0.4) is 0 Å². The Morgan fingerprint density at radius 2 is 2.06 bits per heavy atom. The van der Waals surface area contributed by atoms with Gasteiger partial charge >= 0.3 is 0 Å². The Labute approximate surface area is 106 Å². The molecule has 0 amide bonds. The summed E-state index contributed by atoms with van der Waals surface area (Å²) < 4.78 is 36.8. The molecule has 0 saturated carbocycles. The van der Waals surface area contributed by atoms with E-state index in [1.54, 1.807) is 11.8 Å². The standard InChI is InChI=1S/C11H16FNO2S2/c1-2-16-4-3-5-17(14,15)11-7-9(12)6-10(13)8-11/h6-8H,2-5,13H2,1H3. The molecular formula is C11H16FNO2S2. The summed E-state index contributed by atoms with van der Waals surface area (Å²) in [6, 6.07) is 3.41. The maximum absolute atomic E-state index is 13.1. The van der Waals surface area contributed by atoms with Crippen LogP contribution in [0.15, 0.2) is 23.1 Å². The zero-order valence-corrected chi connectivity index (χ0v) is 11.3. The van der Waals surface area contributed by atoms with Crippen molar-refractivity contribution in [3.05, 3.63) is 24.0 Å². The molecule has 3 nitrogen and oxygen atoms in total. The van der Waals surface area contributed by atoms with Crippen LogP contribution in [-0.2, 0) is 9.84 Å². The Morgan fingerprint density at radius 1 is 1.35 bits per heavy atom. The van der Waals surface area contributed by atoms with Crippen molar-refractivity contribution in [3.63, 3.8) is 0 Å². The van der Waals surface area contributed by atoms with Crippen molar-refractivity contribution in [2.75, 3.05) is 23.0 Å². The molecule has 0 aromatic heterocycles. The normalized spacial score (nSPS) is 11.6. The first kappa shape index (κ1) is 14.3. The van der Waals surface area contributed by atoms with E-state index >= 15 is 0 Å². The molecule has 2 N–H and O–H groups in total. The van der Waals surface area contributed by atoms with Gasteiger partial charge < -0.3 is 5.73 Å². The third-order valence-corrected chi connectivity index (χ3v) is 4.92. The Morgan fingerprint density at radius 3 is 2.65 bits per heavy atom. The molecule has 6 heteroatoms. The molecule has 0 aliphatic rings. The lowest BCUT2D eigenvalue weighted by Gasteiger charge is -2.05. The van der Waals surface area contributed by atoms with E-state index in [4.69, 9.17) is 5.73 Å². The maximum atomic E-state index is 13.1. The molecule has 17 heavy (non-hydrogen) atoms. The predicted molar refractivity (Wildman–Crippen MR) is 70.5 cm³/mol. The van der Waals surface area contributed by atoms with Gasteiger partial charge in [-0.2, -0.15) is 11.8 Å².